The van der Waals surface area contributed by atoms with Crippen LogP contribution in [0.2, 0.25) is 5.02 Å². The lowest BCUT2D eigenvalue weighted by Crippen LogP contribution is -2.08. The molecule has 0 aromatic heterocycles. The molecular weight excluding hydrogens is 262 g/mol. The molecule has 2 aromatic carbocycles. The molecule has 1 unspecified atom stereocenters. The van der Waals surface area contributed by atoms with Gasteiger partial charge in [-0.2, -0.15) is 0 Å². The van der Waals surface area contributed by atoms with E-state index in [1.807, 2.05) is 19.1 Å². The molecule has 0 bridgehead atoms. The molecule has 0 radical (unpaired) electrons. The Bertz CT molecular complexity index is 606. The average Bonchev–Trinajstić information content (AvgIpc) is 2.38. The van der Waals surface area contributed by atoms with Crippen molar-refractivity contribution in [1.29, 1.82) is 0 Å². The minimum absolute atomic E-state index is 0.173. The van der Waals surface area contributed by atoms with Gasteiger partial charge in [0.25, 0.3) is 0 Å². The van der Waals surface area contributed by atoms with E-state index in [-0.39, 0.29) is 11.6 Å². The van der Waals surface area contributed by atoms with E-state index in [4.69, 9.17) is 22.4 Å². The number of aromatic carboxylic acids is 1. The Hall–Kier alpha value is -1.84. The van der Waals surface area contributed by atoms with E-state index >= 15 is 0 Å². The molecule has 2 aromatic rings. The first kappa shape index (κ1) is 13.6. The zero-order valence-corrected chi connectivity index (χ0v) is 11.2. The third-order valence-corrected chi connectivity index (χ3v) is 3.20. The first-order valence-electron chi connectivity index (χ1n) is 5.88. The van der Waals surface area contributed by atoms with Gasteiger partial charge in [0.05, 0.1) is 5.56 Å². The molecule has 0 amide bonds. The van der Waals surface area contributed by atoms with Crippen molar-refractivity contribution in [3.8, 4) is 11.1 Å². The SMILES string of the molecule is CC(N)c1ccc(C(=O)O)cc1-c1ccc(Cl)cc1. The number of benzene rings is 2. The second-order valence-corrected chi connectivity index (χ2v) is 4.84. The predicted molar refractivity (Wildman–Crippen MR) is 76.4 cm³/mol. The first-order chi connectivity index (χ1) is 8.99. The fourth-order valence-corrected chi connectivity index (χ4v) is 2.09. The lowest BCUT2D eigenvalue weighted by molar-refractivity contribution is 0.0697. The topological polar surface area (TPSA) is 63.3 Å². The van der Waals surface area contributed by atoms with Gasteiger partial charge in [0.2, 0.25) is 0 Å². The Morgan fingerprint density at radius 1 is 1.21 bits per heavy atom. The van der Waals surface area contributed by atoms with Gasteiger partial charge in [-0.1, -0.05) is 29.8 Å². The Kier molecular flexibility index (Phi) is 3.88. The molecule has 1 atom stereocenters. The maximum atomic E-state index is 11.1. The van der Waals surface area contributed by atoms with Crippen molar-refractivity contribution in [2.75, 3.05) is 0 Å². The number of carbonyl (C=O) groups is 1. The van der Waals surface area contributed by atoms with Crippen molar-refractivity contribution >= 4 is 17.6 Å². The van der Waals surface area contributed by atoms with Crippen LogP contribution < -0.4 is 5.73 Å². The third-order valence-electron chi connectivity index (χ3n) is 2.95. The maximum Gasteiger partial charge on any atom is 0.335 e. The summed E-state index contributed by atoms with van der Waals surface area (Å²) in [7, 11) is 0. The zero-order valence-electron chi connectivity index (χ0n) is 10.4. The monoisotopic (exact) mass is 275 g/mol. The first-order valence-corrected chi connectivity index (χ1v) is 6.25. The van der Waals surface area contributed by atoms with Crippen LogP contribution in [0.1, 0.15) is 28.9 Å². The number of hydrogen-bond acceptors (Lipinski definition) is 2. The molecule has 0 saturated carbocycles. The molecule has 0 aliphatic heterocycles. The Labute approximate surface area is 116 Å². The van der Waals surface area contributed by atoms with E-state index in [1.54, 1.807) is 30.3 Å². The molecule has 0 saturated heterocycles. The Morgan fingerprint density at radius 2 is 1.84 bits per heavy atom. The van der Waals surface area contributed by atoms with Crippen molar-refractivity contribution in [3.63, 3.8) is 0 Å². The summed E-state index contributed by atoms with van der Waals surface area (Å²) in [5.74, 6) is -0.952. The van der Waals surface area contributed by atoms with E-state index in [1.165, 1.54) is 0 Å². The molecule has 3 N–H and O–H groups in total. The highest BCUT2D eigenvalue weighted by atomic mass is 35.5. The van der Waals surface area contributed by atoms with Crippen LogP contribution in [-0.4, -0.2) is 11.1 Å². The standard InChI is InChI=1S/C15H14ClNO2/c1-9(17)13-7-4-11(15(18)19)8-14(13)10-2-5-12(16)6-3-10/h2-9H,17H2,1H3,(H,18,19). The smallest absolute Gasteiger partial charge is 0.335 e. The van der Waals surface area contributed by atoms with Gasteiger partial charge in [-0.15, -0.1) is 0 Å². The van der Waals surface area contributed by atoms with Gasteiger partial charge in [0, 0.05) is 11.1 Å². The van der Waals surface area contributed by atoms with E-state index in [9.17, 15) is 4.79 Å². The van der Waals surface area contributed by atoms with Gasteiger partial charge in [0.15, 0.2) is 0 Å². The highest BCUT2D eigenvalue weighted by Crippen LogP contribution is 2.29. The maximum absolute atomic E-state index is 11.1. The van der Waals surface area contributed by atoms with Crippen LogP contribution in [-0.2, 0) is 0 Å². The van der Waals surface area contributed by atoms with Crippen molar-refractivity contribution < 1.29 is 9.90 Å². The number of carboxylic acids is 1. The lowest BCUT2D eigenvalue weighted by Gasteiger charge is -2.14. The summed E-state index contributed by atoms with van der Waals surface area (Å²) in [6.45, 7) is 1.87. The van der Waals surface area contributed by atoms with Crippen LogP contribution in [0.15, 0.2) is 42.5 Å². The second-order valence-electron chi connectivity index (χ2n) is 4.40. The summed E-state index contributed by atoms with van der Waals surface area (Å²) in [5, 5.41) is 9.72. The fraction of sp³-hybridized carbons (Fsp3) is 0.133. The number of hydrogen-bond donors (Lipinski definition) is 2. The van der Waals surface area contributed by atoms with Crippen molar-refractivity contribution in [1.82, 2.24) is 0 Å². The van der Waals surface area contributed by atoms with E-state index < -0.39 is 5.97 Å². The lowest BCUT2D eigenvalue weighted by atomic mass is 9.94. The Balaban J connectivity index is 2.60. The number of carboxylic acid groups (broad SMARTS) is 1. The van der Waals surface area contributed by atoms with Gasteiger partial charge in [-0.05, 0) is 47.9 Å². The predicted octanol–water partition coefficient (Wildman–Crippen LogP) is 3.72. The van der Waals surface area contributed by atoms with Gasteiger partial charge < -0.3 is 10.8 Å². The van der Waals surface area contributed by atoms with Gasteiger partial charge in [-0.25, -0.2) is 4.79 Å². The van der Waals surface area contributed by atoms with E-state index in [2.05, 4.69) is 0 Å². The molecule has 0 spiro atoms. The summed E-state index contributed by atoms with van der Waals surface area (Å²) in [6, 6.07) is 12.1. The van der Waals surface area contributed by atoms with Crippen LogP contribution in [0.5, 0.6) is 0 Å². The summed E-state index contributed by atoms with van der Waals surface area (Å²) < 4.78 is 0. The summed E-state index contributed by atoms with van der Waals surface area (Å²) in [5.41, 5.74) is 8.82. The van der Waals surface area contributed by atoms with Crippen LogP contribution in [0.3, 0.4) is 0 Å². The van der Waals surface area contributed by atoms with E-state index in [0.717, 1.165) is 16.7 Å². The average molecular weight is 276 g/mol. The molecule has 0 aliphatic carbocycles. The molecule has 4 heteroatoms. The second kappa shape index (κ2) is 5.43. The molecule has 0 heterocycles. The van der Waals surface area contributed by atoms with E-state index in [0.29, 0.717) is 5.02 Å². The number of halogens is 1. The number of rotatable bonds is 3. The van der Waals surface area contributed by atoms with Gasteiger partial charge >= 0.3 is 5.97 Å². The molecule has 98 valence electrons. The Morgan fingerprint density at radius 3 is 2.37 bits per heavy atom. The molecule has 0 aliphatic rings. The highest BCUT2D eigenvalue weighted by Gasteiger charge is 2.12. The van der Waals surface area contributed by atoms with Crippen LogP contribution in [0, 0.1) is 0 Å². The summed E-state index contributed by atoms with van der Waals surface area (Å²) >= 11 is 5.86. The molecular formula is C15H14ClNO2. The highest BCUT2D eigenvalue weighted by molar-refractivity contribution is 6.30. The molecule has 19 heavy (non-hydrogen) atoms. The zero-order chi connectivity index (χ0) is 14.0. The van der Waals surface area contributed by atoms with Crippen molar-refractivity contribution in [2.24, 2.45) is 5.73 Å². The van der Waals surface area contributed by atoms with Crippen LogP contribution in [0.4, 0.5) is 0 Å². The largest absolute Gasteiger partial charge is 0.478 e. The van der Waals surface area contributed by atoms with Crippen molar-refractivity contribution in [3.05, 3.63) is 58.6 Å². The number of nitrogens with two attached hydrogens (primary N) is 1. The minimum Gasteiger partial charge on any atom is -0.478 e. The summed E-state index contributed by atoms with van der Waals surface area (Å²) in [4.78, 5) is 11.1. The minimum atomic E-state index is -0.952. The van der Waals surface area contributed by atoms with Crippen LogP contribution >= 0.6 is 11.6 Å². The summed E-state index contributed by atoms with van der Waals surface area (Å²) in [6.07, 6.45) is 0. The van der Waals surface area contributed by atoms with Gasteiger partial charge in [0.1, 0.15) is 0 Å². The third kappa shape index (κ3) is 2.95. The van der Waals surface area contributed by atoms with Crippen molar-refractivity contribution in [2.45, 2.75) is 13.0 Å². The normalized spacial score (nSPS) is 12.2. The molecule has 3 nitrogen and oxygen atoms in total. The van der Waals surface area contributed by atoms with Crippen LogP contribution in [0.25, 0.3) is 11.1 Å². The fourth-order valence-electron chi connectivity index (χ4n) is 1.97. The van der Waals surface area contributed by atoms with Gasteiger partial charge in [-0.3, -0.25) is 0 Å². The molecule has 2 rings (SSSR count). The molecule has 0 fully saturated rings. The quantitative estimate of drug-likeness (QED) is 0.897.